The minimum absolute atomic E-state index is 0.0434. The molecule has 0 amide bonds. The van der Waals surface area contributed by atoms with Crippen LogP contribution in [0.5, 0.6) is 0 Å². The quantitative estimate of drug-likeness (QED) is 0.535. The van der Waals surface area contributed by atoms with Gasteiger partial charge >= 0.3 is 5.97 Å². The van der Waals surface area contributed by atoms with E-state index in [4.69, 9.17) is 4.74 Å². The Morgan fingerprint density at radius 2 is 2.00 bits per heavy atom. The average Bonchev–Trinajstić information content (AvgIpc) is 2.62. The summed E-state index contributed by atoms with van der Waals surface area (Å²) in [6, 6.07) is 3.89. The third-order valence-corrected chi connectivity index (χ3v) is 9.32. The highest BCUT2D eigenvalue weighted by Crippen LogP contribution is 2.32. The molecule has 88 valence electrons. The van der Waals surface area contributed by atoms with Crippen LogP contribution in [-0.4, -0.2) is 38.5 Å². The molecule has 0 spiro atoms. The molecule has 0 radical (unpaired) electrons. The van der Waals surface area contributed by atoms with E-state index in [2.05, 4.69) is 18.4 Å². The predicted molar refractivity (Wildman–Crippen MR) is 64.3 cm³/mol. The van der Waals surface area contributed by atoms with Crippen molar-refractivity contribution in [1.82, 2.24) is 4.57 Å². The minimum atomic E-state index is -1.27. The lowest BCUT2D eigenvalue weighted by atomic mass is 10.5. The number of rotatable bonds is 5. The minimum Gasteiger partial charge on any atom is -0.465 e. The summed E-state index contributed by atoms with van der Waals surface area (Å²) in [5.74, 6) is -0.0434. The van der Waals surface area contributed by atoms with Crippen LogP contribution in [0, 0.1) is 0 Å². The predicted octanol–water partition coefficient (Wildman–Crippen LogP) is 2.24. The first-order chi connectivity index (χ1) is 7.18. The molecule has 1 fully saturated rings. The highest BCUT2D eigenvalue weighted by atomic mass is 28.3. The first-order valence-corrected chi connectivity index (χ1v) is 8.66. The molecule has 1 heterocycles. The van der Waals surface area contributed by atoms with E-state index >= 15 is 0 Å². The van der Waals surface area contributed by atoms with Gasteiger partial charge in [0.15, 0.2) is 0 Å². The van der Waals surface area contributed by atoms with Gasteiger partial charge in [-0.2, -0.15) is 0 Å². The van der Waals surface area contributed by atoms with Crippen LogP contribution in [-0.2, 0) is 9.53 Å². The molecule has 4 heteroatoms. The van der Waals surface area contributed by atoms with Crippen LogP contribution in [0.25, 0.3) is 0 Å². The summed E-state index contributed by atoms with van der Waals surface area (Å²) in [5.41, 5.74) is 0. The maximum atomic E-state index is 11.5. The molecular formula is C11H23NO2Si. The van der Waals surface area contributed by atoms with Crippen molar-refractivity contribution < 1.29 is 9.53 Å². The molecule has 0 saturated carbocycles. The fourth-order valence-corrected chi connectivity index (χ4v) is 6.99. The van der Waals surface area contributed by atoms with Gasteiger partial charge in [0.2, 0.25) is 0 Å². The number of carbonyl (C=O) groups is 1. The van der Waals surface area contributed by atoms with Crippen LogP contribution < -0.4 is 0 Å². The molecule has 0 unspecified atom stereocenters. The molecule has 0 aromatic carbocycles. The summed E-state index contributed by atoms with van der Waals surface area (Å²) < 4.78 is 7.48. The van der Waals surface area contributed by atoms with Gasteiger partial charge in [-0.1, -0.05) is 13.8 Å². The highest BCUT2D eigenvalue weighted by Gasteiger charge is 2.41. The van der Waals surface area contributed by atoms with Crippen molar-refractivity contribution in [3.05, 3.63) is 0 Å². The van der Waals surface area contributed by atoms with Crippen LogP contribution in [0.3, 0.4) is 0 Å². The standard InChI is InChI=1S/C11H23NO2Si/c1-4-14-11(13)10-12-8-7-9-15(12,5-2)6-3/h4-10H2,1-3H3. The largest absolute Gasteiger partial charge is 0.465 e. The van der Waals surface area contributed by atoms with Gasteiger partial charge in [-0.15, -0.1) is 0 Å². The van der Waals surface area contributed by atoms with Gasteiger partial charge in [-0.05, 0) is 38.0 Å². The summed E-state index contributed by atoms with van der Waals surface area (Å²) in [6.45, 7) is 8.55. The second kappa shape index (κ2) is 5.65. The lowest BCUT2D eigenvalue weighted by Gasteiger charge is -2.34. The van der Waals surface area contributed by atoms with Crippen molar-refractivity contribution in [3.63, 3.8) is 0 Å². The summed E-state index contributed by atoms with van der Waals surface area (Å²) in [6.07, 6.45) is 1.27. The zero-order valence-corrected chi connectivity index (χ0v) is 11.2. The summed E-state index contributed by atoms with van der Waals surface area (Å²) in [7, 11) is -1.27. The summed E-state index contributed by atoms with van der Waals surface area (Å²) in [5, 5.41) is 0. The lowest BCUT2D eigenvalue weighted by Crippen LogP contribution is -2.50. The Kier molecular flexibility index (Phi) is 4.79. The molecular weight excluding hydrogens is 206 g/mol. The molecule has 0 atom stereocenters. The zero-order chi connectivity index (χ0) is 11.3. The maximum Gasteiger partial charge on any atom is 0.319 e. The van der Waals surface area contributed by atoms with Gasteiger partial charge < -0.3 is 9.30 Å². The molecule has 0 aromatic heterocycles. The Morgan fingerprint density at radius 3 is 2.53 bits per heavy atom. The van der Waals surface area contributed by atoms with E-state index in [1.165, 1.54) is 24.6 Å². The van der Waals surface area contributed by atoms with Crippen molar-refractivity contribution in [3.8, 4) is 0 Å². The molecule has 1 rings (SSSR count). The van der Waals surface area contributed by atoms with Gasteiger partial charge in [0, 0.05) is 0 Å². The number of hydrogen-bond donors (Lipinski definition) is 0. The van der Waals surface area contributed by atoms with Gasteiger partial charge in [-0.25, -0.2) is 0 Å². The van der Waals surface area contributed by atoms with Gasteiger partial charge in [0.1, 0.15) is 8.24 Å². The SMILES string of the molecule is CCOC(=O)CN1CCC[Si]1(CC)CC. The van der Waals surface area contributed by atoms with Crippen LogP contribution in [0.2, 0.25) is 18.1 Å². The first kappa shape index (κ1) is 12.7. The topological polar surface area (TPSA) is 29.5 Å². The number of carbonyl (C=O) groups excluding carboxylic acids is 1. The van der Waals surface area contributed by atoms with Crippen LogP contribution in [0.4, 0.5) is 0 Å². The fraction of sp³-hybridized carbons (Fsp3) is 0.909. The van der Waals surface area contributed by atoms with Crippen LogP contribution >= 0.6 is 0 Å². The lowest BCUT2D eigenvalue weighted by molar-refractivity contribution is -0.143. The Labute approximate surface area is 93.9 Å². The van der Waals surface area contributed by atoms with E-state index in [0.717, 1.165) is 6.54 Å². The molecule has 0 aliphatic carbocycles. The molecule has 15 heavy (non-hydrogen) atoms. The molecule has 0 bridgehead atoms. The number of esters is 1. The van der Waals surface area contributed by atoms with Gasteiger partial charge in [-0.3, -0.25) is 4.79 Å². The van der Waals surface area contributed by atoms with Gasteiger partial charge in [0.05, 0.1) is 13.2 Å². The number of hydrogen-bond acceptors (Lipinski definition) is 3. The Bertz CT molecular complexity index is 217. The van der Waals surface area contributed by atoms with Crippen LogP contribution in [0.15, 0.2) is 0 Å². The molecule has 0 N–H and O–H groups in total. The Morgan fingerprint density at radius 1 is 1.33 bits per heavy atom. The molecule has 1 aliphatic rings. The van der Waals surface area contributed by atoms with Crippen molar-refractivity contribution in [2.24, 2.45) is 0 Å². The highest BCUT2D eigenvalue weighted by molar-refractivity contribution is 6.77. The monoisotopic (exact) mass is 229 g/mol. The Balaban J connectivity index is 2.56. The molecule has 1 saturated heterocycles. The fourth-order valence-electron chi connectivity index (χ4n) is 2.65. The van der Waals surface area contributed by atoms with Gasteiger partial charge in [0.25, 0.3) is 0 Å². The average molecular weight is 229 g/mol. The second-order valence-corrected chi connectivity index (χ2v) is 9.26. The van der Waals surface area contributed by atoms with Crippen molar-refractivity contribution in [2.75, 3.05) is 19.7 Å². The smallest absolute Gasteiger partial charge is 0.319 e. The normalized spacial score (nSPS) is 20.5. The molecule has 0 aromatic rings. The third kappa shape index (κ3) is 2.81. The van der Waals surface area contributed by atoms with Crippen molar-refractivity contribution in [2.45, 2.75) is 45.3 Å². The third-order valence-electron chi connectivity index (χ3n) is 3.68. The van der Waals surface area contributed by atoms with Crippen molar-refractivity contribution >= 4 is 14.2 Å². The Hall–Kier alpha value is -0.353. The maximum absolute atomic E-state index is 11.5. The zero-order valence-electron chi connectivity index (χ0n) is 10.2. The summed E-state index contributed by atoms with van der Waals surface area (Å²) >= 11 is 0. The molecule has 1 aliphatic heterocycles. The van der Waals surface area contributed by atoms with Crippen LogP contribution in [0.1, 0.15) is 27.2 Å². The number of ether oxygens (including phenoxy) is 1. The van der Waals surface area contributed by atoms with E-state index < -0.39 is 8.24 Å². The molecule has 3 nitrogen and oxygen atoms in total. The second-order valence-electron chi connectivity index (χ2n) is 4.26. The number of nitrogens with zero attached hydrogens (tertiary/aromatic N) is 1. The van der Waals surface area contributed by atoms with E-state index in [1.807, 2.05) is 6.92 Å². The van der Waals surface area contributed by atoms with Crippen molar-refractivity contribution in [1.29, 1.82) is 0 Å². The summed E-state index contributed by atoms with van der Waals surface area (Å²) in [4.78, 5) is 11.5. The first-order valence-electron chi connectivity index (χ1n) is 6.09. The van der Waals surface area contributed by atoms with E-state index in [9.17, 15) is 4.79 Å². The van der Waals surface area contributed by atoms with E-state index in [-0.39, 0.29) is 5.97 Å². The van der Waals surface area contributed by atoms with E-state index in [1.54, 1.807) is 0 Å². The van der Waals surface area contributed by atoms with E-state index in [0.29, 0.717) is 13.2 Å².